The summed E-state index contributed by atoms with van der Waals surface area (Å²) in [6.45, 7) is 1.37. The number of anilines is 1. The lowest BCUT2D eigenvalue weighted by molar-refractivity contribution is -0.132. The van der Waals surface area contributed by atoms with Crippen molar-refractivity contribution in [2.45, 2.75) is 18.9 Å². The van der Waals surface area contributed by atoms with Gasteiger partial charge in [-0.15, -0.1) is 0 Å². The average molecular weight is 367 g/mol. The minimum absolute atomic E-state index is 0.0543. The monoisotopic (exact) mass is 367 g/mol. The van der Waals surface area contributed by atoms with Gasteiger partial charge in [-0.2, -0.15) is 0 Å². The van der Waals surface area contributed by atoms with Gasteiger partial charge in [0, 0.05) is 23.1 Å². The number of aliphatic hydroxyl groups is 1. The van der Waals surface area contributed by atoms with Crippen LogP contribution in [0.5, 0.6) is 11.5 Å². The molecule has 7 nitrogen and oxygen atoms in total. The Kier molecular flexibility index (Phi) is 3.61. The summed E-state index contributed by atoms with van der Waals surface area (Å²) in [6.07, 6.45) is -0.0793. The number of carbonyl (C=O) groups excluding carboxylic acids is 3. The summed E-state index contributed by atoms with van der Waals surface area (Å²) in [6, 6.07) is 6.52. The first-order valence-electron chi connectivity index (χ1n) is 8.35. The third-order valence-electron chi connectivity index (χ3n) is 5.03. The zero-order valence-corrected chi connectivity index (χ0v) is 15.0. The van der Waals surface area contributed by atoms with Gasteiger partial charge in [0.05, 0.1) is 31.0 Å². The minimum atomic E-state index is -1.68. The summed E-state index contributed by atoms with van der Waals surface area (Å²) in [5.41, 5.74) is -0.337. The fourth-order valence-corrected chi connectivity index (χ4v) is 3.74. The largest absolute Gasteiger partial charge is 0.496 e. The highest BCUT2D eigenvalue weighted by atomic mass is 16.5. The Balaban J connectivity index is 2.11. The summed E-state index contributed by atoms with van der Waals surface area (Å²) < 4.78 is 10.9. The lowest BCUT2D eigenvalue weighted by atomic mass is 9.79. The maximum atomic E-state index is 13.2. The van der Waals surface area contributed by atoms with E-state index in [1.54, 1.807) is 24.3 Å². The molecule has 0 radical (unpaired) electrons. The Bertz CT molecular complexity index is 1040. The molecule has 138 valence electrons. The number of methoxy groups -OCH3 is 2. The predicted octanol–water partition coefficient (Wildman–Crippen LogP) is 1.72. The van der Waals surface area contributed by atoms with Crippen LogP contribution < -0.4 is 14.8 Å². The Labute approximate surface area is 154 Å². The van der Waals surface area contributed by atoms with Crippen LogP contribution in [-0.2, 0) is 11.2 Å². The van der Waals surface area contributed by atoms with Crippen molar-refractivity contribution in [1.29, 1.82) is 0 Å². The molecule has 1 heterocycles. The zero-order valence-electron chi connectivity index (χ0n) is 15.0. The molecule has 27 heavy (non-hydrogen) atoms. The molecule has 1 aliphatic heterocycles. The van der Waals surface area contributed by atoms with Crippen molar-refractivity contribution in [3.8, 4) is 11.5 Å². The fraction of sp³-hybridized carbons (Fsp3) is 0.250. The highest BCUT2D eigenvalue weighted by Gasteiger charge is 2.44. The molecular formula is C20H17NO6. The van der Waals surface area contributed by atoms with Crippen molar-refractivity contribution in [1.82, 2.24) is 0 Å². The smallest absolute Gasteiger partial charge is 0.256 e. The van der Waals surface area contributed by atoms with E-state index in [0.29, 0.717) is 5.56 Å². The summed E-state index contributed by atoms with van der Waals surface area (Å²) in [5.74, 6) is -1.11. The van der Waals surface area contributed by atoms with Gasteiger partial charge in [0.25, 0.3) is 5.91 Å². The van der Waals surface area contributed by atoms with Gasteiger partial charge < -0.3 is 19.9 Å². The molecule has 2 aromatic carbocycles. The maximum absolute atomic E-state index is 13.2. The van der Waals surface area contributed by atoms with Crippen molar-refractivity contribution >= 4 is 23.2 Å². The number of nitrogens with one attached hydrogen (secondary N) is 1. The van der Waals surface area contributed by atoms with Crippen LogP contribution in [0.15, 0.2) is 24.3 Å². The van der Waals surface area contributed by atoms with Crippen molar-refractivity contribution in [3.63, 3.8) is 0 Å². The molecule has 4 rings (SSSR count). The third kappa shape index (κ3) is 2.21. The quantitative estimate of drug-likeness (QED) is 0.715. The minimum Gasteiger partial charge on any atom is -0.496 e. The number of hydrogen-bond donors (Lipinski definition) is 2. The molecule has 2 aliphatic rings. The van der Waals surface area contributed by atoms with E-state index >= 15 is 0 Å². The third-order valence-corrected chi connectivity index (χ3v) is 5.03. The van der Waals surface area contributed by atoms with Crippen LogP contribution in [0.2, 0.25) is 0 Å². The van der Waals surface area contributed by atoms with Gasteiger partial charge in [-0.3, -0.25) is 14.4 Å². The molecule has 1 unspecified atom stereocenters. The van der Waals surface area contributed by atoms with Gasteiger partial charge in [0.15, 0.2) is 17.3 Å². The number of amides is 1. The van der Waals surface area contributed by atoms with Crippen LogP contribution >= 0.6 is 0 Å². The first kappa shape index (κ1) is 17.2. The standard InChI is InChI=1S/C20H17NO6/c1-20(25)8-11-14(21-19(20)24)18(27-3)13-12(17(11)26-2)15(22)9-6-4-5-7-10(9)16(13)23/h4-7,25H,8H2,1-3H3,(H,21,24). The van der Waals surface area contributed by atoms with Crippen LogP contribution in [0.4, 0.5) is 5.69 Å². The Morgan fingerprint density at radius 1 is 0.963 bits per heavy atom. The van der Waals surface area contributed by atoms with Gasteiger partial charge in [-0.05, 0) is 6.92 Å². The molecular weight excluding hydrogens is 350 g/mol. The van der Waals surface area contributed by atoms with Gasteiger partial charge in [0.1, 0.15) is 11.4 Å². The molecule has 0 saturated heterocycles. The highest BCUT2D eigenvalue weighted by molar-refractivity contribution is 6.31. The Morgan fingerprint density at radius 3 is 2.00 bits per heavy atom. The van der Waals surface area contributed by atoms with Crippen LogP contribution in [0.3, 0.4) is 0 Å². The predicted molar refractivity (Wildman–Crippen MR) is 95.8 cm³/mol. The van der Waals surface area contributed by atoms with Crippen molar-refractivity contribution in [3.05, 3.63) is 52.1 Å². The van der Waals surface area contributed by atoms with Crippen LogP contribution in [-0.4, -0.2) is 42.4 Å². The number of benzene rings is 2. The molecule has 1 atom stereocenters. The molecule has 1 amide bonds. The van der Waals surface area contributed by atoms with E-state index in [1.165, 1.54) is 21.1 Å². The number of ether oxygens (including phenoxy) is 2. The first-order chi connectivity index (χ1) is 12.8. The topological polar surface area (TPSA) is 102 Å². The van der Waals surface area contributed by atoms with Crippen molar-refractivity contribution in [2.75, 3.05) is 19.5 Å². The molecule has 0 aromatic heterocycles. The van der Waals surface area contributed by atoms with Gasteiger partial charge in [-0.1, -0.05) is 24.3 Å². The number of rotatable bonds is 2. The molecule has 0 saturated carbocycles. The lowest BCUT2D eigenvalue weighted by Crippen LogP contribution is -2.46. The number of carbonyl (C=O) groups is 3. The molecule has 0 bridgehead atoms. The van der Waals surface area contributed by atoms with E-state index in [2.05, 4.69) is 5.32 Å². The van der Waals surface area contributed by atoms with Crippen LogP contribution in [0, 0.1) is 0 Å². The summed E-state index contributed by atoms with van der Waals surface area (Å²) in [5, 5.41) is 13.0. The number of ketones is 2. The Morgan fingerprint density at radius 2 is 1.48 bits per heavy atom. The van der Waals surface area contributed by atoms with E-state index in [-0.39, 0.29) is 57.4 Å². The zero-order chi connectivity index (χ0) is 19.5. The average Bonchev–Trinajstić information content (AvgIpc) is 2.65. The van der Waals surface area contributed by atoms with Crippen LogP contribution in [0.1, 0.15) is 44.3 Å². The summed E-state index contributed by atoms with van der Waals surface area (Å²) >= 11 is 0. The SMILES string of the molecule is COc1c2c(c(OC)c3c1C(=O)c1ccccc1C3=O)NC(=O)C(C)(O)C2. The normalized spacial score (nSPS) is 20.4. The second-order valence-electron chi connectivity index (χ2n) is 6.78. The van der Waals surface area contributed by atoms with Crippen molar-refractivity contribution < 1.29 is 29.0 Å². The van der Waals surface area contributed by atoms with E-state index in [0.717, 1.165) is 0 Å². The molecule has 0 spiro atoms. The summed E-state index contributed by atoms with van der Waals surface area (Å²) in [4.78, 5) is 38.6. The first-order valence-corrected chi connectivity index (χ1v) is 8.35. The van der Waals surface area contributed by atoms with Crippen LogP contribution in [0.25, 0.3) is 0 Å². The van der Waals surface area contributed by atoms with E-state index in [9.17, 15) is 19.5 Å². The van der Waals surface area contributed by atoms with Gasteiger partial charge >= 0.3 is 0 Å². The van der Waals surface area contributed by atoms with Gasteiger partial charge in [0.2, 0.25) is 0 Å². The molecule has 7 heteroatoms. The maximum Gasteiger partial charge on any atom is 0.256 e. The second-order valence-corrected chi connectivity index (χ2v) is 6.78. The van der Waals surface area contributed by atoms with Crippen molar-refractivity contribution in [2.24, 2.45) is 0 Å². The summed E-state index contributed by atoms with van der Waals surface area (Å²) in [7, 11) is 2.74. The van der Waals surface area contributed by atoms with E-state index in [4.69, 9.17) is 9.47 Å². The molecule has 2 aromatic rings. The molecule has 2 N–H and O–H groups in total. The lowest BCUT2D eigenvalue weighted by Gasteiger charge is -2.34. The second kappa shape index (κ2) is 5.65. The number of hydrogen-bond acceptors (Lipinski definition) is 6. The Hall–Kier alpha value is -3.19. The molecule has 0 fully saturated rings. The highest BCUT2D eigenvalue weighted by Crippen LogP contribution is 2.49. The van der Waals surface area contributed by atoms with E-state index in [1.807, 2.05) is 0 Å². The number of fused-ring (bicyclic) bond motifs is 3. The van der Waals surface area contributed by atoms with Gasteiger partial charge in [-0.25, -0.2) is 0 Å². The van der Waals surface area contributed by atoms with E-state index < -0.39 is 11.5 Å². The molecule has 1 aliphatic carbocycles. The fourth-order valence-electron chi connectivity index (χ4n) is 3.74.